The van der Waals surface area contributed by atoms with Crippen LogP contribution in [0.25, 0.3) is 0 Å². The van der Waals surface area contributed by atoms with Gasteiger partial charge in [0.05, 0.1) is 13.2 Å². The molecule has 44 heavy (non-hydrogen) atoms. The molecule has 0 aromatic heterocycles. The number of hydrogen-bond donors (Lipinski definition) is 6. The van der Waals surface area contributed by atoms with Crippen LogP contribution in [0.15, 0.2) is 97.1 Å². The van der Waals surface area contributed by atoms with Gasteiger partial charge in [-0.25, -0.2) is 0 Å². The van der Waals surface area contributed by atoms with E-state index in [0.717, 1.165) is 35.5 Å². The Morgan fingerprint density at radius 2 is 0.932 bits per heavy atom. The highest BCUT2D eigenvalue weighted by Crippen LogP contribution is 2.15. The van der Waals surface area contributed by atoms with Gasteiger partial charge in [-0.2, -0.15) is 0 Å². The molecule has 0 unspecified atom stereocenters. The van der Waals surface area contributed by atoms with Crippen molar-refractivity contribution < 1.29 is 19.1 Å². The molecule has 0 heterocycles. The number of ether oxygens (including phenoxy) is 2. The molecular formula is C34H36N6O4. The number of unbranched alkanes of at least 4 members (excludes halogenated alkanes) is 1. The first-order valence-electron chi connectivity index (χ1n) is 14.2. The van der Waals surface area contributed by atoms with Gasteiger partial charge in [-0.05, 0) is 72.5 Å². The molecule has 0 aliphatic heterocycles. The maximum absolute atomic E-state index is 12.4. The van der Waals surface area contributed by atoms with Crippen LogP contribution in [0.2, 0.25) is 0 Å². The largest absolute Gasteiger partial charge is 0.494 e. The predicted molar refractivity (Wildman–Crippen MR) is 170 cm³/mol. The summed E-state index contributed by atoms with van der Waals surface area (Å²) in [6, 6.07) is 28.5. The molecule has 4 aromatic carbocycles. The Morgan fingerprint density at radius 3 is 1.30 bits per heavy atom. The van der Waals surface area contributed by atoms with Crippen LogP contribution >= 0.6 is 0 Å². The third-order valence-electron chi connectivity index (χ3n) is 6.70. The van der Waals surface area contributed by atoms with Crippen molar-refractivity contribution in [2.45, 2.75) is 25.9 Å². The Balaban J connectivity index is 1.09. The third kappa shape index (κ3) is 9.45. The number of amidine groups is 2. The second-order valence-corrected chi connectivity index (χ2v) is 10.0. The minimum atomic E-state index is -0.232. The van der Waals surface area contributed by atoms with Gasteiger partial charge in [-0.15, -0.1) is 0 Å². The fourth-order valence-corrected chi connectivity index (χ4v) is 4.22. The first-order valence-corrected chi connectivity index (χ1v) is 14.2. The quantitative estimate of drug-likeness (QED) is 0.0679. The Labute approximate surface area is 256 Å². The van der Waals surface area contributed by atoms with Gasteiger partial charge in [-0.1, -0.05) is 48.5 Å². The van der Waals surface area contributed by atoms with Crippen LogP contribution in [0.5, 0.6) is 11.5 Å². The average Bonchev–Trinajstić information content (AvgIpc) is 3.05. The molecule has 0 spiro atoms. The first-order chi connectivity index (χ1) is 21.3. The van der Waals surface area contributed by atoms with Gasteiger partial charge in [0.1, 0.15) is 23.2 Å². The van der Waals surface area contributed by atoms with Crippen molar-refractivity contribution in [1.82, 2.24) is 10.6 Å². The molecule has 4 aromatic rings. The molecule has 0 fully saturated rings. The van der Waals surface area contributed by atoms with E-state index in [9.17, 15) is 9.59 Å². The van der Waals surface area contributed by atoms with Crippen LogP contribution in [0, 0.1) is 10.8 Å². The molecular weight excluding hydrogens is 556 g/mol. The number of hydrogen-bond acceptors (Lipinski definition) is 6. The van der Waals surface area contributed by atoms with Crippen LogP contribution in [-0.2, 0) is 13.1 Å². The fourth-order valence-electron chi connectivity index (χ4n) is 4.22. The van der Waals surface area contributed by atoms with E-state index in [-0.39, 0.29) is 23.5 Å². The summed E-state index contributed by atoms with van der Waals surface area (Å²) in [7, 11) is 0. The molecule has 226 valence electrons. The SMILES string of the molecule is N=C(N)c1cccc(C(=O)NCc2ccc(OCCCCOc3ccc(CNC(=O)c4cccc(C(=N)N)c4)cc3)cc2)c1. The molecule has 2 amide bonds. The van der Waals surface area contributed by atoms with Crippen LogP contribution in [-0.4, -0.2) is 36.7 Å². The maximum atomic E-state index is 12.4. The zero-order valence-corrected chi connectivity index (χ0v) is 24.3. The van der Waals surface area contributed by atoms with E-state index >= 15 is 0 Å². The second-order valence-electron chi connectivity index (χ2n) is 10.0. The molecule has 0 aliphatic carbocycles. The summed E-state index contributed by atoms with van der Waals surface area (Å²) in [6.45, 7) is 1.85. The summed E-state index contributed by atoms with van der Waals surface area (Å²) < 4.78 is 11.7. The maximum Gasteiger partial charge on any atom is 0.251 e. The van der Waals surface area contributed by atoms with Gasteiger partial charge in [0.15, 0.2) is 0 Å². The van der Waals surface area contributed by atoms with Crippen molar-refractivity contribution in [2.24, 2.45) is 11.5 Å². The fraction of sp³-hybridized carbons (Fsp3) is 0.176. The highest BCUT2D eigenvalue weighted by Gasteiger charge is 2.09. The zero-order chi connectivity index (χ0) is 31.3. The van der Waals surface area contributed by atoms with Crippen molar-refractivity contribution in [1.29, 1.82) is 10.8 Å². The van der Waals surface area contributed by atoms with Crippen LogP contribution in [0.4, 0.5) is 0 Å². The number of rotatable bonds is 15. The molecule has 10 heteroatoms. The topological polar surface area (TPSA) is 176 Å². The van der Waals surface area contributed by atoms with E-state index in [1.807, 2.05) is 48.5 Å². The summed E-state index contributed by atoms with van der Waals surface area (Å²) >= 11 is 0. The molecule has 0 radical (unpaired) electrons. The number of amides is 2. The normalized spacial score (nSPS) is 10.5. The molecule has 0 saturated carbocycles. The molecule has 0 aliphatic rings. The van der Waals surface area contributed by atoms with Gasteiger partial charge in [-0.3, -0.25) is 20.4 Å². The minimum absolute atomic E-state index is 0.0788. The molecule has 10 nitrogen and oxygen atoms in total. The zero-order valence-electron chi connectivity index (χ0n) is 24.3. The van der Waals surface area contributed by atoms with Crippen molar-refractivity contribution in [2.75, 3.05) is 13.2 Å². The molecule has 0 saturated heterocycles. The van der Waals surface area contributed by atoms with Gasteiger partial charge in [0.2, 0.25) is 0 Å². The Bertz CT molecular complexity index is 1480. The minimum Gasteiger partial charge on any atom is -0.494 e. The molecule has 4 rings (SSSR count). The highest BCUT2D eigenvalue weighted by molar-refractivity contribution is 6.00. The lowest BCUT2D eigenvalue weighted by atomic mass is 10.1. The van der Waals surface area contributed by atoms with E-state index in [0.29, 0.717) is 48.6 Å². The summed E-state index contributed by atoms with van der Waals surface area (Å²) in [6.07, 6.45) is 1.65. The predicted octanol–water partition coefficient (Wildman–Crippen LogP) is 4.35. The van der Waals surface area contributed by atoms with E-state index in [1.165, 1.54) is 0 Å². The van der Waals surface area contributed by atoms with E-state index in [2.05, 4.69) is 10.6 Å². The van der Waals surface area contributed by atoms with Gasteiger partial charge in [0.25, 0.3) is 11.8 Å². The lowest BCUT2D eigenvalue weighted by molar-refractivity contribution is 0.0943. The van der Waals surface area contributed by atoms with Crippen molar-refractivity contribution in [3.8, 4) is 11.5 Å². The van der Waals surface area contributed by atoms with E-state index in [1.54, 1.807) is 48.5 Å². The lowest BCUT2D eigenvalue weighted by Crippen LogP contribution is -2.23. The van der Waals surface area contributed by atoms with Crippen LogP contribution in [0.3, 0.4) is 0 Å². The number of nitrogens with two attached hydrogens (primary N) is 2. The Morgan fingerprint density at radius 1 is 0.568 bits per heavy atom. The number of nitrogens with one attached hydrogen (secondary N) is 4. The van der Waals surface area contributed by atoms with Crippen LogP contribution in [0.1, 0.15) is 55.8 Å². The molecule has 0 atom stereocenters. The lowest BCUT2D eigenvalue weighted by Gasteiger charge is -2.10. The summed E-state index contributed by atoms with van der Waals surface area (Å²) in [4.78, 5) is 24.9. The average molecular weight is 593 g/mol. The summed E-state index contributed by atoms with van der Waals surface area (Å²) in [5.74, 6) is 0.887. The van der Waals surface area contributed by atoms with Crippen LogP contribution < -0.4 is 31.6 Å². The first kappa shape index (κ1) is 31.3. The smallest absolute Gasteiger partial charge is 0.251 e. The number of nitrogen functional groups attached to an aromatic ring is 2. The summed E-state index contributed by atoms with van der Waals surface area (Å²) in [5.41, 5.74) is 14.8. The molecule has 0 bridgehead atoms. The van der Waals surface area contributed by atoms with Crippen molar-refractivity contribution in [3.63, 3.8) is 0 Å². The molecule has 8 N–H and O–H groups in total. The monoisotopic (exact) mass is 592 g/mol. The van der Waals surface area contributed by atoms with E-state index in [4.69, 9.17) is 31.8 Å². The van der Waals surface area contributed by atoms with Crippen molar-refractivity contribution in [3.05, 3.63) is 130 Å². The van der Waals surface area contributed by atoms with E-state index < -0.39 is 0 Å². The number of carbonyl (C=O) groups excluding carboxylic acids is 2. The Kier molecular flexibility index (Phi) is 11.1. The van der Waals surface area contributed by atoms with Gasteiger partial charge < -0.3 is 31.6 Å². The van der Waals surface area contributed by atoms with Gasteiger partial charge >= 0.3 is 0 Å². The summed E-state index contributed by atoms with van der Waals surface area (Å²) in [5, 5.41) is 20.8. The standard InChI is InChI=1S/C34H36N6O4/c35-31(36)25-5-3-7-27(19-25)33(41)39-21-23-9-13-29(14-10-23)43-17-1-2-18-44-30-15-11-24(12-16-30)22-40-34(42)28-8-4-6-26(20-28)32(37)38/h3-16,19-20H,1-2,17-18,21-22H2,(H3,35,36)(H3,37,38)(H,39,41)(H,40,42). The Hall–Kier alpha value is -5.64. The second kappa shape index (κ2) is 15.5. The van der Waals surface area contributed by atoms with Crippen molar-refractivity contribution >= 4 is 23.5 Å². The third-order valence-corrected chi connectivity index (χ3v) is 6.70. The number of benzene rings is 4. The van der Waals surface area contributed by atoms with Gasteiger partial charge in [0, 0.05) is 35.3 Å². The highest BCUT2D eigenvalue weighted by atomic mass is 16.5. The number of carbonyl (C=O) groups is 2.